The average Bonchev–Trinajstić information content (AvgIpc) is 2.68. The van der Waals surface area contributed by atoms with Crippen LogP contribution in [0.3, 0.4) is 0 Å². The lowest BCUT2D eigenvalue weighted by Crippen LogP contribution is -2.40. The lowest BCUT2D eigenvalue weighted by molar-refractivity contribution is 0.246. The molecular formula is C16H18N2. The van der Waals surface area contributed by atoms with E-state index >= 15 is 0 Å². The zero-order chi connectivity index (χ0) is 12.1. The second-order valence-electron chi connectivity index (χ2n) is 6.89. The van der Waals surface area contributed by atoms with Crippen LogP contribution in [-0.4, -0.2) is 29.5 Å². The van der Waals surface area contributed by atoms with Crippen molar-refractivity contribution >= 4 is 10.9 Å². The van der Waals surface area contributed by atoms with Gasteiger partial charge in [0.05, 0.1) is 0 Å². The Balaban J connectivity index is 1.89. The first-order valence-electron chi connectivity index (χ1n) is 6.95. The Morgan fingerprint density at radius 3 is 3.17 bits per heavy atom. The summed E-state index contributed by atoms with van der Waals surface area (Å²) in [4.78, 5) is 6.05. The second kappa shape index (κ2) is 2.53. The molecule has 5 rings (SSSR count). The van der Waals surface area contributed by atoms with Crippen LogP contribution in [0.15, 0.2) is 24.4 Å². The van der Waals surface area contributed by atoms with Gasteiger partial charge < -0.3 is 9.88 Å². The third-order valence-electron chi connectivity index (χ3n) is 6.00. The first-order valence-corrected chi connectivity index (χ1v) is 6.95. The molecule has 1 aliphatic heterocycles. The first-order chi connectivity index (χ1) is 8.66. The lowest BCUT2D eigenvalue weighted by Gasteiger charge is -2.34. The highest BCUT2D eigenvalue weighted by Gasteiger charge is 2.74. The molecule has 3 atom stereocenters. The van der Waals surface area contributed by atoms with E-state index in [1.54, 1.807) is 5.56 Å². The van der Waals surface area contributed by atoms with Gasteiger partial charge >= 0.3 is 0 Å². The highest BCUT2D eigenvalue weighted by molar-refractivity contribution is 5.90. The summed E-state index contributed by atoms with van der Waals surface area (Å²) in [5, 5.41) is 1.53. The Morgan fingerprint density at radius 2 is 2.28 bits per heavy atom. The summed E-state index contributed by atoms with van der Waals surface area (Å²) in [6.07, 6.45) is 4.84. The number of H-pyrrole nitrogens is 1. The standard InChI is InChI=1S/C16H18N2/c1-15-8-16(15)11-4-3-5-12-14(11)10(7-17-12)6-13(16)18(2)9-15/h3-5,7,13,17H,6,8-9H2,1-2H3/t13-,15?,16?/m0/s1. The molecule has 0 amide bonds. The number of aromatic nitrogens is 1. The van der Waals surface area contributed by atoms with Crippen LogP contribution in [0.25, 0.3) is 10.9 Å². The number of rotatable bonds is 0. The van der Waals surface area contributed by atoms with Crippen molar-refractivity contribution in [3.05, 3.63) is 35.5 Å². The molecule has 2 aliphatic carbocycles. The molecule has 3 aliphatic rings. The number of likely N-dealkylation sites (tertiary alicyclic amines) is 1. The number of nitrogens with one attached hydrogen (secondary N) is 1. The Bertz CT molecular complexity index is 685. The van der Waals surface area contributed by atoms with Crippen molar-refractivity contribution < 1.29 is 0 Å². The molecule has 18 heavy (non-hydrogen) atoms. The van der Waals surface area contributed by atoms with Gasteiger partial charge in [-0.25, -0.2) is 0 Å². The van der Waals surface area contributed by atoms with Crippen molar-refractivity contribution in [2.75, 3.05) is 13.6 Å². The molecule has 1 saturated carbocycles. The maximum Gasteiger partial charge on any atom is 0.0459 e. The predicted octanol–water partition coefficient (Wildman–Crippen LogP) is 2.69. The topological polar surface area (TPSA) is 19.0 Å². The number of hydrogen-bond acceptors (Lipinski definition) is 1. The fourth-order valence-electron chi connectivity index (χ4n) is 5.25. The van der Waals surface area contributed by atoms with Crippen LogP contribution in [-0.2, 0) is 11.8 Å². The monoisotopic (exact) mass is 238 g/mol. The van der Waals surface area contributed by atoms with Gasteiger partial charge in [0.2, 0.25) is 0 Å². The summed E-state index contributed by atoms with van der Waals surface area (Å²) in [6, 6.07) is 7.55. The van der Waals surface area contributed by atoms with Crippen LogP contribution in [0.5, 0.6) is 0 Å². The SMILES string of the molecule is CN1CC2(C)CC23c2cccc4[nH]cc(c24)C[C@H]13. The number of piperidine rings is 1. The molecular weight excluding hydrogens is 220 g/mol. The van der Waals surface area contributed by atoms with E-state index in [1.165, 1.54) is 35.9 Å². The minimum atomic E-state index is 0.455. The van der Waals surface area contributed by atoms with Gasteiger partial charge in [0.15, 0.2) is 0 Å². The van der Waals surface area contributed by atoms with Crippen LogP contribution in [0.2, 0.25) is 0 Å². The van der Waals surface area contributed by atoms with Gasteiger partial charge in [0, 0.05) is 35.1 Å². The normalized spacial score (nSPS) is 40.9. The Labute approximate surface area is 107 Å². The molecule has 1 spiro atoms. The Hall–Kier alpha value is -1.28. The third kappa shape index (κ3) is 0.777. The van der Waals surface area contributed by atoms with Gasteiger partial charge in [0.25, 0.3) is 0 Å². The number of aromatic amines is 1. The predicted molar refractivity (Wildman–Crippen MR) is 72.8 cm³/mol. The van der Waals surface area contributed by atoms with Gasteiger partial charge in [-0.2, -0.15) is 0 Å². The van der Waals surface area contributed by atoms with E-state index in [1.807, 2.05) is 0 Å². The maximum atomic E-state index is 3.45. The molecule has 1 aromatic carbocycles. The van der Waals surface area contributed by atoms with E-state index < -0.39 is 0 Å². The number of benzene rings is 1. The Morgan fingerprint density at radius 1 is 1.39 bits per heavy atom. The van der Waals surface area contributed by atoms with Crippen molar-refractivity contribution in [3.63, 3.8) is 0 Å². The van der Waals surface area contributed by atoms with Gasteiger partial charge in [-0.3, -0.25) is 0 Å². The van der Waals surface area contributed by atoms with Crippen LogP contribution < -0.4 is 0 Å². The molecule has 2 fully saturated rings. The van der Waals surface area contributed by atoms with Gasteiger partial charge in [0.1, 0.15) is 0 Å². The minimum Gasteiger partial charge on any atom is -0.361 e. The van der Waals surface area contributed by atoms with Crippen molar-refractivity contribution in [3.8, 4) is 0 Å². The second-order valence-corrected chi connectivity index (χ2v) is 6.89. The molecule has 2 unspecified atom stereocenters. The third-order valence-corrected chi connectivity index (χ3v) is 6.00. The number of nitrogens with zero attached hydrogens (tertiary/aromatic N) is 1. The van der Waals surface area contributed by atoms with E-state index in [-0.39, 0.29) is 0 Å². The molecule has 1 saturated heterocycles. The minimum absolute atomic E-state index is 0.455. The highest BCUT2D eigenvalue weighted by atomic mass is 15.2. The van der Waals surface area contributed by atoms with Crippen LogP contribution in [0.4, 0.5) is 0 Å². The number of likely N-dealkylation sites (N-methyl/N-ethyl adjacent to an activating group) is 1. The van der Waals surface area contributed by atoms with Gasteiger partial charge in [-0.05, 0) is 42.5 Å². The van der Waals surface area contributed by atoms with Crippen LogP contribution in [0, 0.1) is 5.41 Å². The van der Waals surface area contributed by atoms with E-state index in [9.17, 15) is 0 Å². The van der Waals surface area contributed by atoms with E-state index in [2.05, 4.69) is 48.3 Å². The summed E-state index contributed by atoms with van der Waals surface area (Å²) in [5.41, 5.74) is 5.46. The zero-order valence-electron chi connectivity index (χ0n) is 11.0. The summed E-state index contributed by atoms with van der Waals surface area (Å²) in [7, 11) is 2.31. The fourth-order valence-corrected chi connectivity index (χ4v) is 5.25. The molecule has 92 valence electrons. The molecule has 1 aromatic heterocycles. The van der Waals surface area contributed by atoms with Crippen molar-refractivity contribution in [1.82, 2.24) is 9.88 Å². The lowest BCUT2D eigenvalue weighted by atomic mass is 9.75. The van der Waals surface area contributed by atoms with Crippen molar-refractivity contribution in [2.45, 2.75) is 31.2 Å². The maximum absolute atomic E-state index is 3.45. The number of hydrogen-bond donors (Lipinski definition) is 1. The van der Waals surface area contributed by atoms with Gasteiger partial charge in [-0.1, -0.05) is 19.1 Å². The quantitative estimate of drug-likeness (QED) is 0.747. The molecule has 2 heterocycles. The Kier molecular flexibility index (Phi) is 1.35. The first kappa shape index (κ1) is 9.62. The van der Waals surface area contributed by atoms with Crippen LogP contribution in [0.1, 0.15) is 24.5 Å². The molecule has 0 radical (unpaired) electrons. The summed E-state index contributed by atoms with van der Waals surface area (Å²) in [6.45, 7) is 3.75. The molecule has 2 heteroatoms. The van der Waals surface area contributed by atoms with E-state index in [0.717, 1.165) is 6.04 Å². The summed E-state index contributed by atoms with van der Waals surface area (Å²) >= 11 is 0. The smallest absolute Gasteiger partial charge is 0.0459 e. The highest BCUT2D eigenvalue weighted by Crippen LogP contribution is 2.73. The van der Waals surface area contributed by atoms with Crippen molar-refractivity contribution in [1.29, 1.82) is 0 Å². The van der Waals surface area contributed by atoms with E-state index in [4.69, 9.17) is 0 Å². The summed E-state index contributed by atoms with van der Waals surface area (Å²) < 4.78 is 0. The molecule has 1 N–H and O–H groups in total. The van der Waals surface area contributed by atoms with E-state index in [0.29, 0.717) is 10.8 Å². The largest absolute Gasteiger partial charge is 0.361 e. The molecule has 2 aromatic rings. The van der Waals surface area contributed by atoms with Crippen LogP contribution >= 0.6 is 0 Å². The summed E-state index contributed by atoms with van der Waals surface area (Å²) in [5.74, 6) is 0. The zero-order valence-corrected chi connectivity index (χ0v) is 11.0. The average molecular weight is 238 g/mol. The molecule has 0 bridgehead atoms. The van der Waals surface area contributed by atoms with Gasteiger partial charge in [-0.15, -0.1) is 0 Å². The molecule has 2 nitrogen and oxygen atoms in total. The fraction of sp³-hybridized carbons (Fsp3) is 0.500. The van der Waals surface area contributed by atoms with Crippen molar-refractivity contribution in [2.24, 2.45) is 5.41 Å².